The van der Waals surface area contributed by atoms with E-state index in [2.05, 4.69) is 35.1 Å². The molecule has 0 spiro atoms. The zero-order chi connectivity index (χ0) is 24.4. The van der Waals surface area contributed by atoms with E-state index in [-0.39, 0.29) is 30.8 Å². The molecule has 3 N–H and O–H groups in total. The SMILES string of the molecule is O=C(CC(NC(=O)OCC1c2ccccc2-c2ccccc21)C1CCC1)NOC(C(=O)O)C1CC1. The van der Waals surface area contributed by atoms with Crippen molar-refractivity contribution in [2.45, 2.75) is 56.6 Å². The number of benzene rings is 2. The highest BCUT2D eigenvalue weighted by molar-refractivity contribution is 5.80. The zero-order valence-electron chi connectivity index (χ0n) is 19.4. The Morgan fingerprint density at radius 3 is 2.09 bits per heavy atom. The molecule has 184 valence electrons. The Kier molecular flexibility index (Phi) is 6.72. The molecule has 35 heavy (non-hydrogen) atoms. The third-order valence-corrected chi connectivity index (χ3v) is 7.36. The lowest BCUT2D eigenvalue weighted by molar-refractivity contribution is -0.162. The maximum atomic E-state index is 12.7. The van der Waals surface area contributed by atoms with E-state index in [1.54, 1.807) is 0 Å². The van der Waals surface area contributed by atoms with Gasteiger partial charge in [0.2, 0.25) is 5.91 Å². The molecule has 3 aliphatic rings. The second-order valence-corrected chi connectivity index (χ2v) is 9.71. The quantitative estimate of drug-likeness (QED) is 0.445. The normalized spacial score (nSPS) is 18.5. The minimum Gasteiger partial charge on any atom is -0.479 e. The number of hydrogen-bond donors (Lipinski definition) is 3. The van der Waals surface area contributed by atoms with Gasteiger partial charge in [0.05, 0.1) is 0 Å². The molecule has 3 aliphatic carbocycles. The fourth-order valence-electron chi connectivity index (χ4n) is 5.09. The number of carbonyl (C=O) groups excluding carboxylic acids is 2. The van der Waals surface area contributed by atoms with Gasteiger partial charge in [-0.2, -0.15) is 0 Å². The number of rotatable bonds is 10. The first kappa shape index (κ1) is 23.4. The first-order valence-corrected chi connectivity index (χ1v) is 12.3. The van der Waals surface area contributed by atoms with Gasteiger partial charge in [-0.25, -0.2) is 15.1 Å². The summed E-state index contributed by atoms with van der Waals surface area (Å²) in [7, 11) is 0. The molecule has 0 saturated heterocycles. The molecule has 2 saturated carbocycles. The van der Waals surface area contributed by atoms with Crippen LogP contribution in [0.1, 0.15) is 55.6 Å². The highest BCUT2D eigenvalue weighted by atomic mass is 16.7. The lowest BCUT2D eigenvalue weighted by Gasteiger charge is -2.33. The first-order chi connectivity index (χ1) is 17.0. The molecule has 2 unspecified atom stereocenters. The third-order valence-electron chi connectivity index (χ3n) is 7.36. The van der Waals surface area contributed by atoms with E-state index in [4.69, 9.17) is 9.57 Å². The molecular formula is C27H30N2O6. The lowest BCUT2D eigenvalue weighted by atomic mass is 9.78. The Hall–Kier alpha value is -3.39. The third kappa shape index (κ3) is 5.17. The number of hydroxylamine groups is 1. The number of nitrogens with one attached hydrogen (secondary N) is 2. The van der Waals surface area contributed by atoms with Gasteiger partial charge >= 0.3 is 12.1 Å². The second kappa shape index (κ2) is 10.1. The largest absolute Gasteiger partial charge is 0.479 e. The minimum atomic E-state index is -1.08. The van der Waals surface area contributed by atoms with Crippen molar-refractivity contribution >= 4 is 18.0 Å². The van der Waals surface area contributed by atoms with Crippen molar-refractivity contribution in [3.63, 3.8) is 0 Å². The monoisotopic (exact) mass is 478 g/mol. The molecule has 0 aromatic heterocycles. The van der Waals surface area contributed by atoms with Gasteiger partial charge in [-0.1, -0.05) is 55.0 Å². The van der Waals surface area contributed by atoms with E-state index in [0.717, 1.165) is 54.4 Å². The van der Waals surface area contributed by atoms with Crippen LogP contribution in [-0.2, 0) is 19.2 Å². The van der Waals surface area contributed by atoms with Crippen molar-refractivity contribution in [3.05, 3.63) is 59.7 Å². The summed E-state index contributed by atoms with van der Waals surface area (Å²) in [5.41, 5.74) is 6.87. The van der Waals surface area contributed by atoms with Crippen LogP contribution in [0.25, 0.3) is 11.1 Å². The molecule has 2 aromatic carbocycles. The van der Waals surface area contributed by atoms with Crippen LogP contribution in [0.3, 0.4) is 0 Å². The van der Waals surface area contributed by atoms with Crippen LogP contribution in [0.15, 0.2) is 48.5 Å². The first-order valence-electron chi connectivity index (χ1n) is 12.3. The number of carboxylic acids is 1. The summed E-state index contributed by atoms with van der Waals surface area (Å²) >= 11 is 0. The Bertz CT molecular complexity index is 1060. The van der Waals surface area contributed by atoms with E-state index in [1.165, 1.54) is 0 Å². The average Bonchev–Trinajstić information content (AvgIpc) is 3.58. The highest BCUT2D eigenvalue weighted by Gasteiger charge is 2.38. The van der Waals surface area contributed by atoms with Gasteiger partial charge in [0.1, 0.15) is 6.61 Å². The number of alkyl carbamates (subject to hydrolysis) is 1. The molecule has 2 atom stereocenters. The Morgan fingerprint density at radius 1 is 0.914 bits per heavy atom. The van der Waals surface area contributed by atoms with Gasteiger partial charge < -0.3 is 15.2 Å². The maximum absolute atomic E-state index is 12.7. The number of fused-ring (bicyclic) bond motifs is 3. The molecule has 0 bridgehead atoms. The van der Waals surface area contributed by atoms with Gasteiger partial charge in [0.15, 0.2) is 6.10 Å². The molecule has 2 aromatic rings. The van der Waals surface area contributed by atoms with E-state index in [9.17, 15) is 19.5 Å². The number of aliphatic carboxylic acids is 1. The molecule has 0 radical (unpaired) electrons. The maximum Gasteiger partial charge on any atom is 0.407 e. The van der Waals surface area contributed by atoms with E-state index < -0.39 is 30.1 Å². The number of amides is 2. The van der Waals surface area contributed by atoms with Crippen molar-refractivity contribution in [2.24, 2.45) is 11.8 Å². The lowest BCUT2D eigenvalue weighted by Crippen LogP contribution is -2.47. The molecule has 0 aliphatic heterocycles. The number of ether oxygens (including phenoxy) is 1. The van der Waals surface area contributed by atoms with E-state index >= 15 is 0 Å². The zero-order valence-corrected chi connectivity index (χ0v) is 19.4. The summed E-state index contributed by atoms with van der Waals surface area (Å²) in [4.78, 5) is 41.7. The standard InChI is InChI=1S/C27H30N2O6/c30-24(29-35-25(26(31)32)17-12-13-17)14-23(16-6-5-7-16)28-27(33)34-15-22-20-10-3-1-8-18(20)19-9-2-4-11-21(19)22/h1-4,8-11,16-17,22-23,25H,5-7,12-15H2,(H,28,33)(H,29,30)(H,31,32). The van der Waals surface area contributed by atoms with Crippen LogP contribution >= 0.6 is 0 Å². The van der Waals surface area contributed by atoms with Crippen molar-refractivity contribution in [1.29, 1.82) is 0 Å². The van der Waals surface area contributed by atoms with Gasteiger partial charge in [-0.3, -0.25) is 9.63 Å². The van der Waals surface area contributed by atoms with Crippen molar-refractivity contribution in [2.75, 3.05) is 6.61 Å². The van der Waals surface area contributed by atoms with Gasteiger partial charge in [0.25, 0.3) is 0 Å². The average molecular weight is 479 g/mol. The topological polar surface area (TPSA) is 114 Å². The van der Waals surface area contributed by atoms with Gasteiger partial charge in [-0.15, -0.1) is 0 Å². The molecule has 8 nitrogen and oxygen atoms in total. The fraction of sp³-hybridized carbons (Fsp3) is 0.444. The summed E-state index contributed by atoms with van der Waals surface area (Å²) in [6.45, 7) is 0.203. The Morgan fingerprint density at radius 2 is 1.54 bits per heavy atom. The van der Waals surface area contributed by atoms with Gasteiger partial charge in [0, 0.05) is 18.4 Å². The molecular weight excluding hydrogens is 448 g/mol. The van der Waals surface area contributed by atoms with Crippen LogP contribution in [-0.4, -0.2) is 41.8 Å². The number of carbonyl (C=O) groups is 3. The summed E-state index contributed by atoms with van der Waals surface area (Å²) in [6.07, 6.45) is 2.86. The second-order valence-electron chi connectivity index (χ2n) is 9.71. The van der Waals surface area contributed by atoms with Crippen LogP contribution in [0.2, 0.25) is 0 Å². The number of hydrogen-bond acceptors (Lipinski definition) is 5. The molecule has 8 heteroatoms. The van der Waals surface area contributed by atoms with Crippen LogP contribution in [0.5, 0.6) is 0 Å². The smallest absolute Gasteiger partial charge is 0.407 e. The van der Waals surface area contributed by atoms with Crippen LogP contribution in [0.4, 0.5) is 4.79 Å². The summed E-state index contributed by atoms with van der Waals surface area (Å²) < 4.78 is 5.65. The predicted octanol–water partition coefficient (Wildman–Crippen LogP) is 3.99. The summed E-state index contributed by atoms with van der Waals surface area (Å²) in [5, 5.41) is 12.1. The van der Waals surface area contributed by atoms with Crippen LogP contribution < -0.4 is 10.8 Å². The van der Waals surface area contributed by atoms with E-state index in [0.29, 0.717) is 0 Å². The Labute approximate surface area is 204 Å². The molecule has 2 amide bonds. The van der Waals surface area contributed by atoms with Crippen LogP contribution in [0, 0.1) is 11.8 Å². The predicted molar refractivity (Wildman–Crippen MR) is 127 cm³/mol. The molecule has 5 rings (SSSR count). The molecule has 2 fully saturated rings. The van der Waals surface area contributed by atoms with E-state index in [1.807, 2.05) is 24.3 Å². The van der Waals surface area contributed by atoms with Crippen molar-refractivity contribution in [3.8, 4) is 11.1 Å². The summed E-state index contributed by atoms with van der Waals surface area (Å²) in [6, 6.07) is 15.9. The van der Waals surface area contributed by atoms with Crippen molar-refractivity contribution in [1.82, 2.24) is 10.8 Å². The fourth-order valence-corrected chi connectivity index (χ4v) is 5.09. The van der Waals surface area contributed by atoms with Crippen molar-refractivity contribution < 1.29 is 29.1 Å². The summed E-state index contributed by atoms with van der Waals surface area (Å²) in [5.74, 6) is -1.45. The Balaban J connectivity index is 1.17. The minimum absolute atomic E-state index is 0.00582. The molecule has 0 heterocycles. The number of carboxylic acid groups (broad SMARTS) is 1. The highest BCUT2D eigenvalue weighted by Crippen LogP contribution is 2.44. The van der Waals surface area contributed by atoms with Gasteiger partial charge in [-0.05, 0) is 59.8 Å².